The number of piperazine rings is 1. The molecule has 2 rings (SSSR count). The van der Waals surface area contributed by atoms with Crippen molar-refractivity contribution in [3.8, 4) is 0 Å². The fourth-order valence-electron chi connectivity index (χ4n) is 2.50. The van der Waals surface area contributed by atoms with E-state index in [4.69, 9.17) is 0 Å². The number of hydrogen-bond acceptors (Lipinski definition) is 2. The molecule has 0 amide bonds. The molecule has 0 aromatic carbocycles. The van der Waals surface area contributed by atoms with Gasteiger partial charge < -0.3 is 9.47 Å². The first-order valence-corrected chi connectivity index (χ1v) is 6.09. The minimum atomic E-state index is 0.642. The van der Waals surface area contributed by atoms with E-state index in [9.17, 15) is 0 Å². The topological polar surface area (TPSA) is 11.4 Å². The summed E-state index contributed by atoms with van der Waals surface area (Å²) in [5.74, 6) is 0. The highest BCUT2D eigenvalue weighted by Gasteiger charge is 2.22. The van der Waals surface area contributed by atoms with Crippen molar-refractivity contribution in [2.24, 2.45) is 0 Å². The molecule has 2 heterocycles. The van der Waals surface area contributed by atoms with E-state index in [1.54, 1.807) is 0 Å². The second kappa shape index (κ2) is 4.60. The van der Waals surface area contributed by atoms with Crippen LogP contribution in [0.1, 0.15) is 11.4 Å². The third-order valence-electron chi connectivity index (χ3n) is 3.79. The van der Waals surface area contributed by atoms with E-state index < -0.39 is 0 Å². The molecule has 1 aliphatic rings. The zero-order chi connectivity index (χ0) is 11.7. The van der Waals surface area contributed by atoms with Crippen molar-refractivity contribution in [2.45, 2.75) is 26.4 Å². The first-order valence-electron chi connectivity index (χ1n) is 6.09. The molecule has 0 radical (unpaired) electrons. The van der Waals surface area contributed by atoms with Crippen molar-refractivity contribution in [1.82, 2.24) is 14.4 Å². The standard InChI is InChI=1S/C13H23N3/c1-11-5-6-12(2)16(11)10-13-9-14(3)7-8-15(13)4/h5-6,13H,7-10H2,1-4H3. The second-order valence-electron chi connectivity index (χ2n) is 5.12. The minimum Gasteiger partial charge on any atom is -0.348 e. The zero-order valence-electron chi connectivity index (χ0n) is 10.9. The summed E-state index contributed by atoms with van der Waals surface area (Å²) in [5.41, 5.74) is 2.75. The Labute approximate surface area is 98.6 Å². The maximum Gasteiger partial charge on any atom is 0.0399 e. The Morgan fingerprint density at radius 3 is 2.38 bits per heavy atom. The van der Waals surface area contributed by atoms with Gasteiger partial charge in [-0.1, -0.05) is 0 Å². The van der Waals surface area contributed by atoms with Crippen LogP contribution in [-0.2, 0) is 6.54 Å². The van der Waals surface area contributed by atoms with Gasteiger partial charge >= 0.3 is 0 Å². The number of rotatable bonds is 2. The van der Waals surface area contributed by atoms with Crippen LogP contribution in [0.25, 0.3) is 0 Å². The SMILES string of the molecule is Cc1ccc(C)n1CC1CN(C)CCN1C. The predicted molar refractivity (Wildman–Crippen MR) is 67.8 cm³/mol. The highest BCUT2D eigenvalue weighted by Crippen LogP contribution is 2.13. The zero-order valence-corrected chi connectivity index (χ0v) is 10.9. The van der Waals surface area contributed by atoms with Crippen molar-refractivity contribution in [1.29, 1.82) is 0 Å². The fraction of sp³-hybridized carbons (Fsp3) is 0.692. The van der Waals surface area contributed by atoms with Gasteiger partial charge in [0.05, 0.1) is 0 Å². The van der Waals surface area contributed by atoms with Crippen LogP contribution in [-0.4, -0.2) is 54.1 Å². The predicted octanol–water partition coefficient (Wildman–Crippen LogP) is 1.35. The molecule has 3 nitrogen and oxygen atoms in total. The number of aromatic nitrogens is 1. The summed E-state index contributed by atoms with van der Waals surface area (Å²) in [7, 11) is 4.46. The summed E-state index contributed by atoms with van der Waals surface area (Å²) in [6.45, 7) is 9.05. The Morgan fingerprint density at radius 1 is 1.12 bits per heavy atom. The van der Waals surface area contributed by atoms with Crippen molar-refractivity contribution in [3.05, 3.63) is 23.5 Å². The van der Waals surface area contributed by atoms with E-state index in [1.165, 1.54) is 31.0 Å². The van der Waals surface area contributed by atoms with Crippen molar-refractivity contribution >= 4 is 0 Å². The number of nitrogens with zero attached hydrogens (tertiary/aromatic N) is 3. The van der Waals surface area contributed by atoms with E-state index in [1.807, 2.05) is 0 Å². The average Bonchev–Trinajstić information content (AvgIpc) is 2.55. The largest absolute Gasteiger partial charge is 0.348 e. The van der Waals surface area contributed by atoms with Crippen LogP contribution in [0.3, 0.4) is 0 Å². The molecule has 1 atom stereocenters. The molecule has 1 aromatic rings. The Hall–Kier alpha value is -0.800. The summed E-state index contributed by atoms with van der Waals surface area (Å²) in [6.07, 6.45) is 0. The monoisotopic (exact) mass is 221 g/mol. The Morgan fingerprint density at radius 2 is 1.75 bits per heavy atom. The maximum atomic E-state index is 2.48. The maximum absolute atomic E-state index is 2.48. The van der Waals surface area contributed by atoms with E-state index in [0.717, 1.165) is 6.54 Å². The van der Waals surface area contributed by atoms with Gasteiger partial charge in [-0.25, -0.2) is 0 Å². The lowest BCUT2D eigenvalue weighted by Crippen LogP contribution is -2.51. The van der Waals surface area contributed by atoms with Crippen molar-refractivity contribution < 1.29 is 0 Å². The molecule has 0 saturated carbocycles. The van der Waals surface area contributed by atoms with Gasteiger partial charge in [-0.05, 0) is 40.1 Å². The first kappa shape index (κ1) is 11.7. The third-order valence-corrected chi connectivity index (χ3v) is 3.79. The minimum absolute atomic E-state index is 0.642. The normalized spacial score (nSPS) is 23.9. The van der Waals surface area contributed by atoms with Gasteiger partial charge in [0.1, 0.15) is 0 Å². The highest BCUT2D eigenvalue weighted by molar-refractivity contribution is 5.14. The Balaban J connectivity index is 2.08. The molecule has 1 fully saturated rings. The van der Waals surface area contributed by atoms with Gasteiger partial charge in [-0.2, -0.15) is 0 Å². The second-order valence-corrected chi connectivity index (χ2v) is 5.12. The quantitative estimate of drug-likeness (QED) is 0.747. The molecule has 0 N–H and O–H groups in total. The van der Waals surface area contributed by atoms with Gasteiger partial charge in [0.2, 0.25) is 0 Å². The van der Waals surface area contributed by atoms with Crippen LogP contribution in [0.2, 0.25) is 0 Å². The van der Waals surface area contributed by atoms with E-state index in [0.29, 0.717) is 6.04 Å². The van der Waals surface area contributed by atoms with Gasteiger partial charge in [0.15, 0.2) is 0 Å². The average molecular weight is 221 g/mol. The third kappa shape index (κ3) is 2.30. The van der Waals surface area contributed by atoms with Gasteiger partial charge in [0, 0.05) is 43.6 Å². The number of likely N-dealkylation sites (N-methyl/N-ethyl adjacent to an activating group) is 2. The lowest BCUT2D eigenvalue weighted by molar-refractivity contribution is 0.102. The van der Waals surface area contributed by atoms with Crippen LogP contribution in [0.5, 0.6) is 0 Å². The molecule has 1 unspecified atom stereocenters. The van der Waals surface area contributed by atoms with Gasteiger partial charge in [-0.15, -0.1) is 0 Å². The van der Waals surface area contributed by atoms with E-state index in [-0.39, 0.29) is 0 Å². The molecule has 3 heteroatoms. The summed E-state index contributed by atoms with van der Waals surface area (Å²) in [6, 6.07) is 5.06. The highest BCUT2D eigenvalue weighted by atomic mass is 15.3. The Kier molecular flexibility index (Phi) is 3.36. The van der Waals surface area contributed by atoms with Gasteiger partial charge in [-0.3, -0.25) is 4.90 Å². The molecular formula is C13H23N3. The smallest absolute Gasteiger partial charge is 0.0399 e. The molecule has 0 bridgehead atoms. The van der Waals surface area contributed by atoms with E-state index in [2.05, 4.69) is 54.4 Å². The van der Waals surface area contributed by atoms with E-state index >= 15 is 0 Å². The summed E-state index contributed by atoms with van der Waals surface area (Å²) in [5, 5.41) is 0. The van der Waals surface area contributed by atoms with Crippen LogP contribution in [0.4, 0.5) is 0 Å². The fourth-order valence-corrected chi connectivity index (χ4v) is 2.50. The van der Waals surface area contributed by atoms with Crippen LogP contribution in [0.15, 0.2) is 12.1 Å². The molecule has 1 saturated heterocycles. The molecule has 0 aliphatic carbocycles. The van der Waals surface area contributed by atoms with Gasteiger partial charge in [0.25, 0.3) is 0 Å². The Bertz CT molecular complexity index is 337. The molecule has 1 aliphatic heterocycles. The molecule has 16 heavy (non-hydrogen) atoms. The summed E-state index contributed by atoms with van der Waals surface area (Å²) in [4.78, 5) is 4.91. The molecular weight excluding hydrogens is 198 g/mol. The first-order chi connectivity index (χ1) is 7.58. The summed E-state index contributed by atoms with van der Waals surface area (Å²) < 4.78 is 2.43. The summed E-state index contributed by atoms with van der Waals surface area (Å²) >= 11 is 0. The van der Waals surface area contributed by atoms with Crippen LogP contribution < -0.4 is 0 Å². The van der Waals surface area contributed by atoms with Crippen LogP contribution in [0, 0.1) is 13.8 Å². The number of hydrogen-bond donors (Lipinski definition) is 0. The molecule has 90 valence electrons. The molecule has 0 spiro atoms. The number of aryl methyl sites for hydroxylation is 2. The van der Waals surface area contributed by atoms with Crippen molar-refractivity contribution in [2.75, 3.05) is 33.7 Å². The lowest BCUT2D eigenvalue weighted by Gasteiger charge is -2.38. The molecule has 1 aromatic heterocycles. The lowest BCUT2D eigenvalue weighted by atomic mass is 10.2. The van der Waals surface area contributed by atoms with Crippen LogP contribution >= 0.6 is 0 Å². The van der Waals surface area contributed by atoms with Crippen molar-refractivity contribution in [3.63, 3.8) is 0 Å².